The minimum absolute atomic E-state index is 0.352. The Hall–Kier alpha value is -2.16. The van der Waals surface area contributed by atoms with Gasteiger partial charge in [-0.2, -0.15) is 18.3 Å². The average Bonchev–Trinajstić information content (AvgIpc) is 2.87. The first kappa shape index (κ1) is 16.2. The van der Waals surface area contributed by atoms with Crippen molar-refractivity contribution in [2.45, 2.75) is 17.6 Å². The molecule has 0 aliphatic carbocycles. The molecule has 0 aliphatic rings. The van der Waals surface area contributed by atoms with Crippen molar-refractivity contribution in [3.05, 3.63) is 42.2 Å². The maximum absolute atomic E-state index is 12.4. The normalized spacial score (nSPS) is 12.9. The standard InChI is InChI=1S/C13H12F3N3O2S/c1-22(21)10-4-2-3-9(7-10)17-12(20)8-19-6-5-11(18-19)13(14,15)16/h2-7H,8H2,1H3,(H,17,20)/t22-/m1/s1. The Morgan fingerprint density at radius 2 is 2.09 bits per heavy atom. The fourth-order valence-corrected chi connectivity index (χ4v) is 2.26. The molecule has 1 amide bonds. The number of halogens is 3. The van der Waals surface area contributed by atoms with Gasteiger partial charge in [0, 0.05) is 33.8 Å². The highest BCUT2D eigenvalue weighted by molar-refractivity contribution is 7.84. The number of hydrogen-bond donors (Lipinski definition) is 1. The SMILES string of the molecule is C[S@@](=O)c1cccc(NC(=O)Cn2ccc(C(F)(F)F)n2)c1. The topological polar surface area (TPSA) is 64.0 Å². The number of benzene rings is 1. The number of carbonyl (C=O) groups is 1. The summed E-state index contributed by atoms with van der Waals surface area (Å²) in [7, 11) is -1.19. The Labute approximate surface area is 126 Å². The summed E-state index contributed by atoms with van der Waals surface area (Å²) in [6.07, 6.45) is -1.95. The Bertz CT molecular complexity index is 713. The molecule has 1 atom stereocenters. The van der Waals surface area contributed by atoms with E-state index >= 15 is 0 Å². The molecule has 1 aromatic heterocycles. The van der Waals surface area contributed by atoms with Gasteiger partial charge in [0.1, 0.15) is 6.54 Å². The molecule has 5 nitrogen and oxygen atoms in total. The molecule has 2 rings (SSSR count). The molecule has 0 saturated carbocycles. The first-order valence-corrected chi connectivity index (χ1v) is 7.65. The maximum atomic E-state index is 12.4. The molecule has 1 N–H and O–H groups in total. The van der Waals surface area contributed by atoms with E-state index in [-0.39, 0.29) is 6.54 Å². The summed E-state index contributed by atoms with van der Waals surface area (Å²) in [6.45, 7) is -0.352. The van der Waals surface area contributed by atoms with Gasteiger partial charge >= 0.3 is 6.18 Å². The van der Waals surface area contributed by atoms with E-state index in [0.717, 1.165) is 16.9 Å². The van der Waals surface area contributed by atoms with E-state index in [1.54, 1.807) is 18.2 Å². The molecule has 118 valence electrons. The lowest BCUT2D eigenvalue weighted by molar-refractivity contribution is -0.141. The second kappa shape index (κ2) is 6.30. The number of rotatable bonds is 4. The van der Waals surface area contributed by atoms with Crippen LogP contribution in [-0.4, -0.2) is 26.2 Å². The van der Waals surface area contributed by atoms with Crippen molar-refractivity contribution in [3.63, 3.8) is 0 Å². The molecule has 0 fully saturated rings. The number of anilines is 1. The van der Waals surface area contributed by atoms with Crippen LogP contribution < -0.4 is 5.32 Å². The van der Waals surface area contributed by atoms with Crippen molar-refractivity contribution in [3.8, 4) is 0 Å². The summed E-state index contributed by atoms with van der Waals surface area (Å²) in [5.74, 6) is -0.532. The first-order chi connectivity index (χ1) is 10.3. The van der Waals surface area contributed by atoms with Crippen LogP contribution in [0.25, 0.3) is 0 Å². The largest absolute Gasteiger partial charge is 0.435 e. The molecule has 0 unspecified atom stereocenters. The Kier molecular flexibility index (Phi) is 4.65. The average molecular weight is 331 g/mol. The molecule has 0 spiro atoms. The van der Waals surface area contributed by atoms with Gasteiger partial charge in [0.2, 0.25) is 5.91 Å². The van der Waals surface area contributed by atoms with E-state index in [1.165, 1.54) is 12.3 Å². The minimum Gasteiger partial charge on any atom is -0.324 e. The van der Waals surface area contributed by atoms with Crippen LogP contribution in [0.5, 0.6) is 0 Å². The van der Waals surface area contributed by atoms with Crippen LogP contribution in [0.3, 0.4) is 0 Å². The van der Waals surface area contributed by atoms with Gasteiger partial charge in [-0.3, -0.25) is 13.7 Å². The van der Waals surface area contributed by atoms with Crippen molar-refractivity contribution in [1.29, 1.82) is 0 Å². The lowest BCUT2D eigenvalue weighted by Gasteiger charge is -2.07. The van der Waals surface area contributed by atoms with Gasteiger partial charge in [-0.05, 0) is 24.3 Å². The third kappa shape index (κ3) is 4.17. The molecule has 0 aliphatic heterocycles. The zero-order valence-corrected chi connectivity index (χ0v) is 12.2. The van der Waals surface area contributed by atoms with E-state index in [0.29, 0.717) is 10.6 Å². The molecule has 1 aromatic carbocycles. The zero-order valence-electron chi connectivity index (χ0n) is 11.4. The molecule has 22 heavy (non-hydrogen) atoms. The highest BCUT2D eigenvalue weighted by atomic mass is 32.2. The van der Waals surface area contributed by atoms with Crippen LogP contribution in [0.2, 0.25) is 0 Å². The van der Waals surface area contributed by atoms with Crippen LogP contribution in [0.1, 0.15) is 5.69 Å². The van der Waals surface area contributed by atoms with Crippen molar-refractivity contribution in [1.82, 2.24) is 9.78 Å². The van der Waals surface area contributed by atoms with Gasteiger partial charge in [0.15, 0.2) is 5.69 Å². The number of carbonyl (C=O) groups excluding carboxylic acids is 1. The molecule has 9 heteroatoms. The summed E-state index contributed by atoms with van der Waals surface area (Å²) in [5.41, 5.74) is -0.635. The molecule has 0 bridgehead atoms. The van der Waals surface area contributed by atoms with E-state index in [1.807, 2.05) is 0 Å². The first-order valence-electron chi connectivity index (χ1n) is 6.10. The third-order valence-electron chi connectivity index (χ3n) is 2.69. The summed E-state index contributed by atoms with van der Waals surface area (Å²) in [5, 5.41) is 5.81. The van der Waals surface area contributed by atoms with Gasteiger partial charge < -0.3 is 5.32 Å². The van der Waals surface area contributed by atoms with Crippen molar-refractivity contribution < 1.29 is 22.2 Å². The van der Waals surface area contributed by atoms with Gasteiger partial charge in [0.05, 0.1) is 0 Å². The van der Waals surface area contributed by atoms with Crippen molar-refractivity contribution >= 4 is 22.4 Å². The van der Waals surface area contributed by atoms with Gasteiger partial charge in [0.25, 0.3) is 0 Å². The quantitative estimate of drug-likeness (QED) is 0.935. The third-order valence-corrected chi connectivity index (χ3v) is 3.60. The van der Waals surface area contributed by atoms with E-state index < -0.39 is 28.6 Å². The minimum atomic E-state index is -4.54. The van der Waals surface area contributed by atoms with Crippen LogP contribution in [0.15, 0.2) is 41.4 Å². The van der Waals surface area contributed by atoms with E-state index in [2.05, 4.69) is 10.4 Å². The monoisotopic (exact) mass is 331 g/mol. The summed E-state index contributed by atoms with van der Waals surface area (Å²) < 4.78 is 49.5. The molecule has 0 saturated heterocycles. The Morgan fingerprint density at radius 3 is 2.68 bits per heavy atom. The van der Waals surface area contributed by atoms with Crippen LogP contribution in [0, 0.1) is 0 Å². The van der Waals surface area contributed by atoms with Crippen LogP contribution >= 0.6 is 0 Å². The predicted molar refractivity (Wildman–Crippen MR) is 74.6 cm³/mol. The fraction of sp³-hybridized carbons (Fsp3) is 0.231. The van der Waals surface area contributed by atoms with Gasteiger partial charge in [-0.25, -0.2) is 0 Å². The number of amides is 1. The fourth-order valence-electron chi connectivity index (χ4n) is 1.70. The maximum Gasteiger partial charge on any atom is 0.435 e. The second-order valence-electron chi connectivity index (χ2n) is 4.43. The van der Waals surface area contributed by atoms with Crippen molar-refractivity contribution in [2.75, 3.05) is 11.6 Å². The lowest BCUT2D eigenvalue weighted by atomic mass is 10.3. The number of nitrogens with zero attached hydrogens (tertiary/aromatic N) is 2. The summed E-state index contributed by atoms with van der Waals surface area (Å²) in [6, 6.07) is 7.21. The van der Waals surface area contributed by atoms with E-state index in [4.69, 9.17) is 0 Å². The second-order valence-corrected chi connectivity index (χ2v) is 5.81. The Balaban J connectivity index is 2.03. The molecular weight excluding hydrogens is 319 g/mol. The Morgan fingerprint density at radius 1 is 1.36 bits per heavy atom. The van der Waals surface area contributed by atoms with Gasteiger partial charge in [-0.15, -0.1) is 0 Å². The predicted octanol–water partition coefficient (Wildman–Crippen LogP) is 2.28. The molecular formula is C13H12F3N3O2S. The number of hydrogen-bond acceptors (Lipinski definition) is 3. The van der Waals surface area contributed by atoms with Crippen LogP contribution in [0.4, 0.5) is 18.9 Å². The van der Waals surface area contributed by atoms with Crippen molar-refractivity contribution in [2.24, 2.45) is 0 Å². The highest BCUT2D eigenvalue weighted by Gasteiger charge is 2.33. The van der Waals surface area contributed by atoms with Gasteiger partial charge in [-0.1, -0.05) is 6.07 Å². The highest BCUT2D eigenvalue weighted by Crippen LogP contribution is 2.27. The molecule has 2 aromatic rings. The summed E-state index contributed by atoms with van der Waals surface area (Å²) in [4.78, 5) is 12.3. The number of nitrogens with one attached hydrogen (secondary N) is 1. The van der Waals surface area contributed by atoms with Crippen LogP contribution in [-0.2, 0) is 28.3 Å². The van der Waals surface area contributed by atoms with E-state index in [9.17, 15) is 22.2 Å². The zero-order chi connectivity index (χ0) is 16.3. The molecule has 0 radical (unpaired) electrons. The molecule has 1 heterocycles. The smallest absolute Gasteiger partial charge is 0.324 e. The lowest BCUT2D eigenvalue weighted by Crippen LogP contribution is -2.19. The number of alkyl halides is 3. The summed E-state index contributed by atoms with van der Waals surface area (Å²) >= 11 is 0. The number of aromatic nitrogens is 2.